The lowest BCUT2D eigenvalue weighted by Crippen LogP contribution is -1.85. The third-order valence-corrected chi connectivity index (χ3v) is 4.59. The Kier molecular flexibility index (Phi) is 6.05. The highest BCUT2D eigenvalue weighted by molar-refractivity contribution is 7.98. The molecule has 0 aliphatic rings. The molecule has 0 N–H and O–H groups in total. The van der Waals surface area contributed by atoms with Crippen LogP contribution in [-0.2, 0) is 0 Å². The topological polar surface area (TPSA) is 9.23 Å². The Hall–Kier alpha value is -3.07. The average molecular weight is 354 g/mol. The molecular weight excluding hydrogens is 336 g/mol. The van der Waals surface area contributed by atoms with E-state index in [4.69, 9.17) is 4.74 Å². The van der Waals surface area contributed by atoms with Crippen molar-refractivity contribution in [2.75, 3.05) is 13.4 Å². The van der Waals surface area contributed by atoms with Gasteiger partial charge in [0.2, 0.25) is 0 Å². The molecule has 1 nitrogen and oxygen atoms in total. The van der Waals surface area contributed by atoms with Gasteiger partial charge in [0, 0.05) is 27.1 Å². The molecule has 0 aliphatic carbocycles. The molecule has 3 aromatic carbocycles. The smallest absolute Gasteiger partial charge is 0.118 e. The first-order chi connectivity index (χ1) is 12.8. The highest BCUT2D eigenvalue weighted by Crippen LogP contribution is 2.19. The van der Waals surface area contributed by atoms with E-state index in [2.05, 4.69) is 36.0 Å². The summed E-state index contributed by atoms with van der Waals surface area (Å²) in [6.07, 6.45) is 2.06. The highest BCUT2D eigenvalue weighted by atomic mass is 32.2. The Morgan fingerprint density at radius 1 is 0.654 bits per heavy atom. The van der Waals surface area contributed by atoms with E-state index >= 15 is 0 Å². The summed E-state index contributed by atoms with van der Waals surface area (Å²) in [5.74, 6) is 13.8. The second kappa shape index (κ2) is 8.86. The SMILES string of the molecule is COc1ccc(C#Cc2ccccc2C#Cc2ccccc2SC)cc1. The number of rotatable bonds is 2. The van der Waals surface area contributed by atoms with Crippen LogP contribution in [0.4, 0.5) is 0 Å². The maximum atomic E-state index is 5.18. The molecule has 0 unspecified atom stereocenters. The fraction of sp³-hybridized carbons (Fsp3) is 0.0833. The van der Waals surface area contributed by atoms with Crippen molar-refractivity contribution in [2.45, 2.75) is 4.90 Å². The minimum atomic E-state index is 0.828. The average Bonchev–Trinajstić information content (AvgIpc) is 2.72. The Labute approximate surface area is 159 Å². The van der Waals surface area contributed by atoms with Crippen LogP contribution in [0.25, 0.3) is 0 Å². The molecule has 0 aliphatic heterocycles. The normalized spacial score (nSPS) is 9.46. The van der Waals surface area contributed by atoms with Gasteiger partial charge < -0.3 is 4.74 Å². The van der Waals surface area contributed by atoms with Crippen LogP contribution in [0.15, 0.2) is 77.7 Å². The molecular formula is C24H18OS. The number of benzene rings is 3. The molecule has 0 spiro atoms. The van der Waals surface area contributed by atoms with Gasteiger partial charge >= 0.3 is 0 Å². The molecule has 3 rings (SSSR count). The quantitative estimate of drug-likeness (QED) is 0.461. The van der Waals surface area contributed by atoms with E-state index in [1.807, 2.05) is 66.7 Å². The van der Waals surface area contributed by atoms with Gasteiger partial charge in [-0.3, -0.25) is 0 Å². The highest BCUT2D eigenvalue weighted by Gasteiger charge is 1.98. The number of thioether (sulfide) groups is 1. The van der Waals surface area contributed by atoms with Crippen LogP contribution in [0.3, 0.4) is 0 Å². The first-order valence-corrected chi connectivity index (χ1v) is 9.43. The van der Waals surface area contributed by atoms with Crippen molar-refractivity contribution in [2.24, 2.45) is 0 Å². The predicted octanol–water partition coefficient (Wildman–Crippen LogP) is 5.22. The Balaban J connectivity index is 1.90. The standard InChI is InChI=1S/C24H18OS/c1-25-23-17-12-19(13-18-23)11-14-20-7-3-4-8-21(20)15-16-22-9-5-6-10-24(22)26-2/h3-10,12-13,17-18H,1-2H3. The summed E-state index contributed by atoms with van der Waals surface area (Å²) in [4.78, 5) is 1.18. The third kappa shape index (κ3) is 4.51. The van der Waals surface area contributed by atoms with Crippen molar-refractivity contribution in [1.82, 2.24) is 0 Å². The van der Waals surface area contributed by atoms with E-state index in [1.54, 1.807) is 18.9 Å². The van der Waals surface area contributed by atoms with Crippen LogP contribution in [0, 0.1) is 23.7 Å². The Bertz CT molecular complexity index is 1010. The van der Waals surface area contributed by atoms with Crippen molar-refractivity contribution in [3.63, 3.8) is 0 Å². The lowest BCUT2D eigenvalue weighted by atomic mass is 10.1. The zero-order chi connectivity index (χ0) is 18.2. The van der Waals surface area contributed by atoms with E-state index in [1.165, 1.54) is 4.90 Å². The van der Waals surface area contributed by atoms with Crippen LogP contribution in [0.1, 0.15) is 22.3 Å². The van der Waals surface area contributed by atoms with Crippen molar-refractivity contribution < 1.29 is 4.74 Å². The molecule has 3 aromatic rings. The number of hydrogen-bond donors (Lipinski definition) is 0. The summed E-state index contributed by atoms with van der Waals surface area (Å²) in [6.45, 7) is 0. The monoisotopic (exact) mass is 354 g/mol. The van der Waals surface area contributed by atoms with Gasteiger partial charge in [0.05, 0.1) is 7.11 Å². The molecule has 0 heterocycles. The second-order valence-corrected chi connectivity index (χ2v) is 6.32. The van der Waals surface area contributed by atoms with Gasteiger partial charge in [-0.15, -0.1) is 11.8 Å². The van der Waals surface area contributed by atoms with Gasteiger partial charge in [-0.2, -0.15) is 0 Å². The van der Waals surface area contributed by atoms with Crippen LogP contribution < -0.4 is 4.74 Å². The summed E-state index contributed by atoms with van der Waals surface area (Å²) in [5, 5.41) is 0. The number of methoxy groups -OCH3 is 1. The minimum absolute atomic E-state index is 0.828. The minimum Gasteiger partial charge on any atom is -0.497 e. The molecule has 0 atom stereocenters. The van der Waals surface area contributed by atoms with Crippen molar-refractivity contribution in [3.8, 4) is 29.4 Å². The van der Waals surface area contributed by atoms with E-state index in [9.17, 15) is 0 Å². The van der Waals surface area contributed by atoms with E-state index in [0.717, 1.165) is 28.0 Å². The van der Waals surface area contributed by atoms with Crippen LogP contribution in [0.2, 0.25) is 0 Å². The maximum Gasteiger partial charge on any atom is 0.118 e. The van der Waals surface area contributed by atoms with E-state index in [-0.39, 0.29) is 0 Å². The lowest BCUT2D eigenvalue weighted by Gasteiger charge is -2.00. The van der Waals surface area contributed by atoms with E-state index < -0.39 is 0 Å². The van der Waals surface area contributed by atoms with Crippen molar-refractivity contribution in [3.05, 3.63) is 95.1 Å². The van der Waals surface area contributed by atoms with Crippen molar-refractivity contribution >= 4 is 11.8 Å². The molecule has 126 valence electrons. The van der Waals surface area contributed by atoms with Gasteiger partial charge in [0.25, 0.3) is 0 Å². The van der Waals surface area contributed by atoms with Crippen LogP contribution in [0.5, 0.6) is 5.75 Å². The first kappa shape index (κ1) is 17.7. The molecule has 0 amide bonds. The second-order valence-electron chi connectivity index (χ2n) is 5.47. The van der Waals surface area contributed by atoms with Gasteiger partial charge in [0.15, 0.2) is 0 Å². The van der Waals surface area contributed by atoms with Gasteiger partial charge in [0.1, 0.15) is 5.75 Å². The Morgan fingerprint density at radius 3 is 1.81 bits per heavy atom. The number of hydrogen-bond acceptors (Lipinski definition) is 2. The largest absolute Gasteiger partial charge is 0.497 e. The number of ether oxygens (including phenoxy) is 1. The summed E-state index contributed by atoms with van der Waals surface area (Å²) in [6, 6.07) is 23.9. The molecule has 26 heavy (non-hydrogen) atoms. The lowest BCUT2D eigenvalue weighted by molar-refractivity contribution is 0.415. The molecule has 0 radical (unpaired) electrons. The molecule has 0 saturated heterocycles. The first-order valence-electron chi connectivity index (χ1n) is 8.20. The van der Waals surface area contributed by atoms with E-state index in [0.29, 0.717) is 0 Å². The molecule has 0 saturated carbocycles. The zero-order valence-electron chi connectivity index (χ0n) is 14.7. The van der Waals surface area contributed by atoms with Crippen LogP contribution >= 0.6 is 11.8 Å². The fourth-order valence-electron chi connectivity index (χ4n) is 2.40. The zero-order valence-corrected chi connectivity index (χ0v) is 15.6. The van der Waals surface area contributed by atoms with Gasteiger partial charge in [-0.1, -0.05) is 47.9 Å². The van der Waals surface area contributed by atoms with Crippen molar-refractivity contribution in [1.29, 1.82) is 0 Å². The molecule has 0 aromatic heterocycles. The Morgan fingerprint density at radius 2 is 1.19 bits per heavy atom. The summed E-state index contributed by atoms with van der Waals surface area (Å²) in [7, 11) is 1.66. The fourth-order valence-corrected chi connectivity index (χ4v) is 2.95. The van der Waals surface area contributed by atoms with Crippen LogP contribution in [-0.4, -0.2) is 13.4 Å². The molecule has 2 heteroatoms. The maximum absolute atomic E-state index is 5.18. The summed E-state index contributed by atoms with van der Waals surface area (Å²) in [5.41, 5.74) is 3.85. The summed E-state index contributed by atoms with van der Waals surface area (Å²) >= 11 is 1.70. The molecule has 0 bridgehead atoms. The summed E-state index contributed by atoms with van der Waals surface area (Å²) < 4.78 is 5.18. The molecule has 0 fully saturated rings. The third-order valence-electron chi connectivity index (χ3n) is 3.80. The predicted molar refractivity (Wildman–Crippen MR) is 110 cm³/mol. The van der Waals surface area contributed by atoms with Gasteiger partial charge in [-0.25, -0.2) is 0 Å². The van der Waals surface area contributed by atoms with Gasteiger partial charge in [-0.05, 0) is 54.8 Å².